The number of ether oxygens (including phenoxy) is 2. The van der Waals surface area contributed by atoms with Crippen LogP contribution in [0.4, 0.5) is 10.5 Å². The van der Waals surface area contributed by atoms with Crippen molar-refractivity contribution < 1.29 is 23.9 Å². The Morgan fingerprint density at radius 2 is 1.77 bits per heavy atom. The van der Waals surface area contributed by atoms with Crippen molar-refractivity contribution in [2.75, 3.05) is 19.0 Å². The molecule has 178 valence electrons. The van der Waals surface area contributed by atoms with E-state index >= 15 is 0 Å². The maximum atomic E-state index is 12.9. The Labute approximate surface area is 220 Å². The van der Waals surface area contributed by atoms with Gasteiger partial charge in [-0.05, 0) is 88.0 Å². The molecule has 3 aromatic rings. The number of anilines is 1. The summed E-state index contributed by atoms with van der Waals surface area (Å²) in [4.78, 5) is 39.0. The summed E-state index contributed by atoms with van der Waals surface area (Å²) in [6.45, 7) is 0.0299. The van der Waals surface area contributed by atoms with Crippen LogP contribution in [-0.2, 0) is 16.1 Å². The number of carbonyl (C=O) groups is 3. The average molecular weight is 600 g/mol. The Bertz CT molecular complexity index is 1280. The standard InChI is InChI=1S/C26H21IN2O5S/c1-33-22-13-18(9-12-21(22)34-16-24(30)28-20-5-3-2-4-6-20)14-23-25(31)29(26(32)35-23)15-17-7-10-19(27)11-8-17/h2-14H,15-16H2,1H3,(H,28,30)/b23-14-. The van der Waals surface area contributed by atoms with Gasteiger partial charge in [-0.25, -0.2) is 0 Å². The number of nitrogens with one attached hydrogen (secondary N) is 1. The second kappa shape index (κ2) is 11.4. The lowest BCUT2D eigenvalue weighted by molar-refractivity contribution is -0.123. The van der Waals surface area contributed by atoms with Gasteiger partial charge < -0.3 is 14.8 Å². The van der Waals surface area contributed by atoms with E-state index in [9.17, 15) is 14.4 Å². The number of benzene rings is 3. The van der Waals surface area contributed by atoms with E-state index in [-0.39, 0.29) is 30.2 Å². The fourth-order valence-corrected chi connectivity index (χ4v) is 4.51. The largest absolute Gasteiger partial charge is 0.493 e. The van der Waals surface area contributed by atoms with E-state index in [0.29, 0.717) is 27.7 Å². The molecule has 0 saturated carbocycles. The van der Waals surface area contributed by atoms with E-state index in [4.69, 9.17) is 9.47 Å². The van der Waals surface area contributed by atoms with Crippen molar-refractivity contribution in [3.8, 4) is 11.5 Å². The van der Waals surface area contributed by atoms with Crippen LogP contribution in [0.15, 0.2) is 77.7 Å². The Hall–Kier alpha value is -3.31. The van der Waals surface area contributed by atoms with Crippen LogP contribution < -0.4 is 14.8 Å². The van der Waals surface area contributed by atoms with Gasteiger partial charge in [-0.15, -0.1) is 0 Å². The maximum absolute atomic E-state index is 12.9. The molecule has 1 fully saturated rings. The highest BCUT2D eigenvalue weighted by Gasteiger charge is 2.35. The molecule has 0 bridgehead atoms. The van der Waals surface area contributed by atoms with Crippen LogP contribution >= 0.6 is 34.4 Å². The van der Waals surface area contributed by atoms with Crippen molar-refractivity contribution in [2.45, 2.75) is 6.54 Å². The maximum Gasteiger partial charge on any atom is 0.293 e. The predicted octanol–water partition coefficient (Wildman–Crippen LogP) is 5.55. The molecule has 4 rings (SSSR count). The Morgan fingerprint density at radius 3 is 2.49 bits per heavy atom. The monoisotopic (exact) mass is 600 g/mol. The summed E-state index contributed by atoms with van der Waals surface area (Å²) in [6, 6.07) is 21.9. The number of methoxy groups -OCH3 is 1. The Morgan fingerprint density at radius 1 is 1.03 bits per heavy atom. The molecule has 1 aliphatic rings. The minimum absolute atomic E-state index is 0.192. The van der Waals surface area contributed by atoms with Gasteiger partial charge in [0.2, 0.25) is 0 Å². The molecule has 3 amide bonds. The van der Waals surface area contributed by atoms with E-state index in [1.165, 1.54) is 12.0 Å². The fourth-order valence-electron chi connectivity index (χ4n) is 3.32. The molecule has 3 aromatic carbocycles. The van der Waals surface area contributed by atoms with E-state index in [0.717, 1.165) is 20.9 Å². The number of carbonyl (C=O) groups excluding carboxylic acids is 3. The minimum atomic E-state index is -0.338. The molecule has 0 aliphatic carbocycles. The van der Waals surface area contributed by atoms with Crippen LogP contribution in [0.2, 0.25) is 0 Å². The number of rotatable bonds is 8. The average Bonchev–Trinajstić information content (AvgIpc) is 3.12. The van der Waals surface area contributed by atoms with Crippen molar-refractivity contribution in [3.05, 3.63) is 92.4 Å². The molecule has 1 saturated heterocycles. The van der Waals surface area contributed by atoms with Gasteiger partial charge in [-0.3, -0.25) is 19.3 Å². The van der Waals surface area contributed by atoms with Gasteiger partial charge in [0.25, 0.3) is 17.1 Å². The lowest BCUT2D eigenvalue weighted by Gasteiger charge is -2.12. The zero-order valence-electron chi connectivity index (χ0n) is 18.7. The Kier molecular flexibility index (Phi) is 8.09. The first kappa shape index (κ1) is 24.8. The van der Waals surface area contributed by atoms with Gasteiger partial charge in [0.05, 0.1) is 18.6 Å². The summed E-state index contributed by atoms with van der Waals surface area (Å²) < 4.78 is 12.1. The molecule has 35 heavy (non-hydrogen) atoms. The first-order chi connectivity index (χ1) is 16.9. The summed E-state index contributed by atoms with van der Waals surface area (Å²) in [6.07, 6.45) is 1.65. The molecule has 0 atom stereocenters. The van der Waals surface area contributed by atoms with E-state index in [1.807, 2.05) is 42.5 Å². The number of nitrogens with zero attached hydrogens (tertiary/aromatic N) is 1. The molecule has 0 aromatic heterocycles. The third-order valence-corrected chi connectivity index (χ3v) is 6.66. The Balaban J connectivity index is 1.42. The van der Waals surface area contributed by atoms with Crippen molar-refractivity contribution in [3.63, 3.8) is 0 Å². The molecular weight excluding hydrogens is 579 g/mol. The lowest BCUT2D eigenvalue weighted by atomic mass is 10.1. The fraction of sp³-hybridized carbons (Fsp3) is 0.115. The van der Waals surface area contributed by atoms with Crippen molar-refractivity contribution in [1.82, 2.24) is 4.90 Å². The van der Waals surface area contributed by atoms with Crippen molar-refractivity contribution in [2.24, 2.45) is 0 Å². The van der Waals surface area contributed by atoms with Crippen molar-refractivity contribution in [1.29, 1.82) is 0 Å². The van der Waals surface area contributed by atoms with Crippen LogP contribution in [0.5, 0.6) is 11.5 Å². The SMILES string of the molecule is COc1cc(/C=C2\SC(=O)N(Cc3ccc(I)cc3)C2=O)ccc1OCC(=O)Nc1ccccc1. The highest BCUT2D eigenvalue weighted by Crippen LogP contribution is 2.35. The highest BCUT2D eigenvalue weighted by atomic mass is 127. The van der Waals surface area contributed by atoms with Gasteiger partial charge in [0.15, 0.2) is 18.1 Å². The summed E-state index contributed by atoms with van der Waals surface area (Å²) >= 11 is 3.11. The van der Waals surface area contributed by atoms with Gasteiger partial charge >= 0.3 is 0 Å². The number of hydrogen-bond donors (Lipinski definition) is 1. The topological polar surface area (TPSA) is 84.9 Å². The molecule has 1 N–H and O–H groups in total. The number of thioether (sulfide) groups is 1. The number of hydrogen-bond acceptors (Lipinski definition) is 6. The summed E-state index contributed by atoms with van der Waals surface area (Å²) in [5.41, 5.74) is 2.23. The van der Waals surface area contributed by atoms with Gasteiger partial charge in [-0.1, -0.05) is 36.4 Å². The molecular formula is C26H21IN2O5S. The second-order valence-electron chi connectivity index (χ2n) is 7.51. The molecule has 1 aliphatic heterocycles. The third kappa shape index (κ3) is 6.43. The smallest absolute Gasteiger partial charge is 0.293 e. The molecule has 7 nitrogen and oxygen atoms in total. The van der Waals surface area contributed by atoms with E-state index < -0.39 is 0 Å². The van der Waals surface area contributed by atoms with Crippen molar-refractivity contribution >= 4 is 63.2 Å². The number of halogens is 1. The van der Waals surface area contributed by atoms with Crippen LogP contribution in [0.25, 0.3) is 6.08 Å². The zero-order chi connectivity index (χ0) is 24.8. The van der Waals surface area contributed by atoms with Crippen LogP contribution in [-0.4, -0.2) is 35.7 Å². The van der Waals surface area contributed by atoms with Crippen LogP contribution in [0, 0.1) is 3.57 Å². The number of para-hydroxylation sites is 1. The summed E-state index contributed by atoms with van der Waals surface area (Å²) in [7, 11) is 1.49. The van der Waals surface area contributed by atoms with Crippen LogP contribution in [0.1, 0.15) is 11.1 Å². The zero-order valence-corrected chi connectivity index (χ0v) is 21.7. The normalized spacial score (nSPS) is 14.3. The highest BCUT2D eigenvalue weighted by molar-refractivity contribution is 14.1. The first-order valence-electron chi connectivity index (χ1n) is 10.6. The summed E-state index contributed by atoms with van der Waals surface area (Å²) in [5, 5.41) is 2.44. The molecule has 0 spiro atoms. The van der Waals surface area contributed by atoms with E-state index in [2.05, 4.69) is 27.9 Å². The predicted molar refractivity (Wildman–Crippen MR) is 144 cm³/mol. The minimum Gasteiger partial charge on any atom is -0.493 e. The van der Waals surface area contributed by atoms with Gasteiger partial charge in [0.1, 0.15) is 0 Å². The second-order valence-corrected chi connectivity index (χ2v) is 9.75. The molecule has 0 unspecified atom stereocenters. The molecule has 9 heteroatoms. The summed E-state index contributed by atoms with van der Waals surface area (Å²) in [5.74, 6) is 0.156. The third-order valence-electron chi connectivity index (χ3n) is 5.03. The van der Waals surface area contributed by atoms with Gasteiger partial charge in [0, 0.05) is 9.26 Å². The number of imide groups is 1. The van der Waals surface area contributed by atoms with Gasteiger partial charge in [-0.2, -0.15) is 0 Å². The molecule has 0 radical (unpaired) electrons. The van der Waals surface area contributed by atoms with Crippen LogP contribution in [0.3, 0.4) is 0 Å². The lowest BCUT2D eigenvalue weighted by Crippen LogP contribution is -2.27. The quantitative estimate of drug-likeness (QED) is 0.270. The molecule has 1 heterocycles. The van der Waals surface area contributed by atoms with E-state index in [1.54, 1.807) is 36.4 Å². The first-order valence-corrected chi connectivity index (χ1v) is 12.5. The number of amides is 3.